The van der Waals surface area contributed by atoms with E-state index in [1.54, 1.807) is 0 Å². The lowest BCUT2D eigenvalue weighted by Crippen LogP contribution is -2.44. The third-order valence-electron chi connectivity index (χ3n) is 9.40. The summed E-state index contributed by atoms with van der Waals surface area (Å²) in [6, 6.07) is 15.1. The monoisotopic (exact) mass is 559 g/mol. The number of unbranched alkanes of at least 4 members (excludes halogenated alkanes) is 1. The summed E-state index contributed by atoms with van der Waals surface area (Å²) < 4.78 is 7.53. The van der Waals surface area contributed by atoms with Crippen LogP contribution >= 0.6 is 0 Å². The first-order valence-corrected chi connectivity index (χ1v) is 15.9. The molecule has 2 aromatic carbocycles. The van der Waals surface area contributed by atoms with Gasteiger partial charge in [0.1, 0.15) is 11.6 Å². The fourth-order valence-corrected chi connectivity index (χ4v) is 6.69. The predicted molar refractivity (Wildman–Crippen MR) is 166 cm³/mol. The molecule has 1 aromatic heterocycles. The van der Waals surface area contributed by atoms with Crippen LogP contribution in [-0.4, -0.2) is 34.4 Å². The molecule has 2 atom stereocenters. The van der Waals surface area contributed by atoms with Gasteiger partial charge in [0.2, 0.25) is 5.95 Å². The number of hydrogen-bond acceptors (Lipinski definition) is 5. The van der Waals surface area contributed by atoms with E-state index >= 15 is 0 Å². The number of benzene rings is 2. The Bertz CT molecular complexity index is 1330. The van der Waals surface area contributed by atoms with Crippen molar-refractivity contribution >= 4 is 23.0 Å². The van der Waals surface area contributed by atoms with Gasteiger partial charge in [-0.1, -0.05) is 59.2 Å². The third-order valence-corrected chi connectivity index (χ3v) is 9.40. The van der Waals surface area contributed by atoms with Gasteiger partial charge >= 0.3 is 5.97 Å². The van der Waals surface area contributed by atoms with Gasteiger partial charge in [0.25, 0.3) is 0 Å². The molecule has 5 rings (SSSR count). The molecule has 0 N–H and O–H groups in total. The zero-order chi connectivity index (χ0) is 29.1. The van der Waals surface area contributed by atoms with E-state index < -0.39 is 0 Å². The van der Waals surface area contributed by atoms with E-state index in [4.69, 9.17) is 14.6 Å². The molecule has 0 radical (unpaired) electrons. The molecule has 0 amide bonds. The molecule has 0 bridgehead atoms. The van der Waals surface area contributed by atoms with Crippen molar-refractivity contribution in [3.63, 3.8) is 0 Å². The number of esters is 1. The Balaban J connectivity index is 1.53. The van der Waals surface area contributed by atoms with Crippen molar-refractivity contribution in [3.05, 3.63) is 59.2 Å². The van der Waals surface area contributed by atoms with Crippen LogP contribution in [0.5, 0.6) is 0 Å². The molecular weight excluding hydrogens is 510 g/mol. The molecule has 0 saturated heterocycles. The Labute approximate surface area is 246 Å². The summed E-state index contributed by atoms with van der Waals surface area (Å²) in [6.45, 7) is 14.0. The van der Waals surface area contributed by atoms with E-state index in [1.807, 2.05) is 10.8 Å². The van der Waals surface area contributed by atoms with Gasteiger partial charge in [-0.3, -0.25) is 0 Å². The molecule has 2 aliphatic rings. The van der Waals surface area contributed by atoms with Crippen molar-refractivity contribution < 1.29 is 14.4 Å². The number of anilines is 1. The number of fused-ring (bicyclic) bond motifs is 2. The highest BCUT2D eigenvalue weighted by molar-refractivity contribution is 5.90. The van der Waals surface area contributed by atoms with Crippen molar-refractivity contribution in [2.45, 2.75) is 118 Å². The summed E-state index contributed by atoms with van der Waals surface area (Å²) in [4.78, 5) is 27.1. The molecule has 6 heteroatoms. The molecular formula is C35H49N3O3. The molecule has 3 aromatic rings. The van der Waals surface area contributed by atoms with Gasteiger partial charge in [-0.15, -0.1) is 4.73 Å². The van der Waals surface area contributed by atoms with E-state index in [2.05, 4.69) is 82.8 Å². The third kappa shape index (κ3) is 6.27. The first kappa shape index (κ1) is 29.5. The molecule has 1 heterocycles. The minimum absolute atomic E-state index is 0.0713. The zero-order valence-electron chi connectivity index (χ0n) is 26.0. The normalized spacial score (nSPS) is 21.5. The Hall–Kier alpha value is -3.02. The number of imidazole rings is 1. The van der Waals surface area contributed by atoms with Crippen LogP contribution in [0.1, 0.15) is 120 Å². The number of aromatic nitrogens is 2. The Morgan fingerprint density at radius 2 is 1.83 bits per heavy atom. The maximum absolute atomic E-state index is 12.7. The topological polar surface area (TPSA) is 56.6 Å². The van der Waals surface area contributed by atoms with E-state index in [1.165, 1.54) is 24.0 Å². The Morgan fingerprint density at radius 1 is 1.07 bits per heavy atom. The average molecular weight is 560 g/mol. The average Bonchev–Trinajstić information content (AvgIpc) is 3.54. The summed E-state index contributed by atoms with van der Waals surface area (Å²) in [6.07, 6.45) is 9.56. The van der Waals surface area contributed by atoms with Gasteiger partial charge in [-0.05, 0) is 105 Å². The second-order valence-corrected chi connectivity index (χ2v) is 13.3. The number of rotatable bonds is 10. The number of carbonyl (C=O) groups is 1. The van der Waals surface area contributed by atoms with E-state index in [0.29, 0.717) is 23.6 Å². The molecule has 222 valence electrons. The minimum atomic E-state index is -0.217. The van der Waals surface area contributed by atoms with Crippen LogP contribution in [-0.2, 0) is 11.2 Å². The number of nitrogens with zero attached hydrogens (tertiary/aromatic N) is 3. The van der Waals surface area contributed by atoms with Gasteiger partial charge in [0.05, 0.1) is 23.7 Å². The molecule has 41 heavy (non-hydrogen) atoms. The molecule has 2 aliphatic carbocycles. The van der Waals surface area contributed by atoms with Crippen molar-refractivity contribution in [1.82, 2.24) is 9.71 Å². The Morgan fingerprint density at radius 3 is 2.54 bits per heavy atom. The highest BCUT2D eigenvalue weighted by atomic mass is 16.7. The van der Waals surface area contributed by atoms with E-state index in [0.717, 1.165) is 67.8 Å². The van der Waals surface area contributed by atoms with Crippen LogP contribution in [0.3, 0.4) is 0 Å². The standard InChI is InChI=1S/C35H49N3O3/c1-7-9-22-40-33(39)26-14-20-29-25(23-26)15-21-31(29)37(28-18-16-27(17-19-28)35(4,5)6)34-36-30-12-10-11-13-32(30)38(34)41-24(3)8-2/h10-14,20,23-24,27-28,31H,7-9,15-19,21-22H2,1-6H3. The lowest BCUT2D eigenvalue weighted by atomic mass is 9.71. The molecule has 6 nitrogen and oxygen atoms in total. The highest BCUT2D eigenvalue weighted by Crippen LogP contribution is 2.45. The van der Waals surface area contributed by atoms with Gasteiger partial charge < -0.3 is 14.5 Å². The van der Waals surface area contributed by atoms with E-state index in [-0.39, 0.29) is 18.1 Å². The number of aryl methyl sites for hydroxylation is 1. The number of para-hydroxylation sites is 2. The second-order valence-electron chi connectivity index (χ2n) is 13.3. The fraction of sp³-hybridized carbons (Fsp3) is 0.600. The maximum atomic E-state index is 12.7. The van der Waals surface area contributed by atoms with Crippen LogP contribution in [0, 0.1) is 11.3 Å². The number of carbonyl (C=O) groups excluding carboxylic acids is 1. The van der Waals surface area contributed by atoms with Crippen LogP contribution in [0.25, 0.3) is 11.0 Å². The number of ether oxygens (including phenoxy) is 1. The highest BCUT2D eigenvalue weighted by Gasteiger charge is 2.39. The predicted octanol–water partition coefficient (Wildman–Crippen LogP) is 8.32. The fourth-order valence-electron chi connectivity index (χ4n) is 6.69. The quantitative estimate of drug-likeness (QED) is 0.185. The SMILES string of the molecule is CCCCOC(=O)c1ccc2c(c1)CCC2N(c1nc2ccccc2n1OC(C)CC)C1CCC(C(C)(C)C)CC1. The van der Waals surface area contributed by atoms with Crippen LogP contribution < -0.4 is 9.74 Å². The van der Waals surface area contributed by atoms with E-state index in [9.17, 15) is 4.79 Å². The van der Waals surface area contributed by atoms with Gasteiger partial charge in [0.15, 0.2) is 0 Å². The first-order chi connectivity index (χ1) is 19.7. The lowest BCUT2D eigenvalue weighted by molar-refractivity contribution is 0.0499. The summed E-state index contributed by atoms with van der Waals surface area (Å²) in [5.74, 6) is 1.42. The lowest BCUT2D eigenvalue weighted by Gasteiger charge is -2.44. The van der Waals surface area contributed by atoms with Crippen molar-refractivity contribution in [2.75, 3.05) is 11.5 Å². The van der Waals surface area contributed by atoms with Crippen LogP contribution in [0.2, 0.25) is 0 Å². The first-order valence-electron chi connectivity index (χ1n) is 15.9. The molecule has 0 spiro atoms. The second kappa shape index (κ2) is 12.5. The molecule has 2 unspecified atom stereocenters. The summed E-state index contributed by atoms with van der Waals surface area (Å²) in [5.41, 5.74) is 5.51. The zero-order valence-corrected chi connectivity index (χ0v) is 26.0. The van der Waals surface area contributed by atoms with Crippen molar-refractivity contribution in [2.24, 2.45) is 11.3 Å². The van der Waals surface area contributed by atoms with Crippen LogP contribution in [0.4, 0.5) is 5.95 Å². The van der Waals surface area contributed by atoms with Gasteiger partial charge in [-0.2, -0.15) is 0 Å². The Kier molecular flexibility index (Phi) is 8.96. The molecule has 1 saturated carbocycles. The summed E-state index contributed by atoms with van der Waals surface area (Å²) >= 11 is 0. The molecule has 0 aliphatic heterocycles. The number of hydrogen-bond donors (Lipinski definition) is 0. The van der Waals surface area contributed by atoms with Crippen molar-refractivity contribution in [1.29, 1.82) is 0 Å². The molecule has 1 fully saturated rings. The van der Waals surface area contributed by atoms with Gasteiger partial charge in [-0.25, -0.2) is 9.78 Å². The van der Waals surface area contributed by atoms with Crippen LogP contribution in [0.15, 0.2) is 42.5 Å². The summed E-state index contributed by atoms with van der Waals surface area (Å²) in [7, 11) is 0. The van der Waals surface area contributed by atoms with Gasteiger partial charge in [0, 0.05) is 6.04 Å². The summed E-state index contributed by atoms with van der Waals surface area (Å²) in [5, 5.41) is 0. The largest absolute Gasteiger partial charge is 0.462 e. The smallest absolute Gasteiger partial charge is 0.338 e. The van der Waals surface area contributed by atoms with Crippen molar-refractivity contribution in [3.8, 4) is 0 Å². The minimum Gasteiger partial charge on any atom is -0.462 e. The maximum Gasteiger partial charge on any atom is 0.338 e.